The number of rotatable bonds is 5. The standard InChI is InChI=1S/C17H23N3O2/c21-16(19-14-4-2-8-18-11-14)5-1-3-12-6-7-15-13(9-12)10-17(22)20-15/h6-7,9,14,18H,1-5,8,10-11H2,(H,19,21)(H,20,22). The molecule has 1 unspecified atom stereocenters. The largest absolute Gasteiger partial charge is 0.352 e. The molecule has 5 nitrogen and oxygen atoms in total. The molecule has 3 N–H and O–H groups in total. The van der Waals surface area contributed by atoms with E-state index in [2.05, 4.69) is 22.0 Å². The number of benzene rings is 1. The summed E-state index contributed by atoms with van der Waals surface area (Å²) in [5, 5.41) is 9.23. The molecule has 2 aliphatic rings. The molecule has 0 radical (unpaired) electrons. The van der Waals surface area contributed by atoms with Crippen molar-refractivity contribution in [2.24, 2.45) is 0 Å². The summed E-state index contributed by atoms with van der Waals surface area (Å²) in [6.07, 6.45) is 4.95. The zero-order valence-corrected chi connectivity index (χ0v) is 12.8. The molecule has 0 aromatic heterocycles. The van der Waals surface area contributed by atoms with Crippen LogP contribution in [0, 0.1) is 0 Å². The van der Waals surface area contributed by atoms with Crippen LogP contribution in [-0.2, 0) is 22.4 Å². The molecule has 22 heavy (non-hydrogen) atoms. The third kappa shape index (κ3) is 3.85. The van der Waals surface area contributed by atoms with Crippen LogP contribution in [0.15, 0.2) is 18.2 Å². The molecule has 0 saturated carbocycles. The average molecular weight is 301 g/mol. The van der Waals surface area contributed by atoms with Gasteiger partial charge in [-0.25, -0.2) is 0 Å². The van der Waals surface area contributed by atoms with Gasteiger partial charge >= 0.3 is 0 Å². The minimum Gasteiger partial charge on any atom is -0.352 e. The molecule has 1 fully saturated rings. The van der Waals surface area contributed by atoms with E-state index in [0.29, 0.717) is 18.9 Å². The number of piperidine rings is 1. The van der Waals surface area contributed by atoms with Crippen molar-refractivity contribution < 1.29 is 9.59 Å². The number of carbonyl (C=O) groups is 2. The second-order valence-electron chi connectivity index (χ2n) is 6.18. The van der Waals surface area contributed by atoms with E-state index in [1.54, 1.807) is 0 Å². The number of nitrogens with one attached hydrogen (secondary N) is 3. The molecule has 118 valence electrons. The molecule has 1 saturated heterocycles. The summed E-state index contributed by atoms with van der Waals surface area (Å²) in [4.78, 5) is 23.3. The highest BCUT2D eigenvalue weighted by molar-refractivity contribution is 5.99. The fourth-order valence-corrected chi connectivity index (χ4v) is 3.17. The molecule has 3 rings (SSSR count). The highest BCUT2D eigenvalue weighted by atomic mass is 16.2. The predicted molar refractivity (Wildman–Crippen MR) is 85.7 cm³/mol. The van der Waals surface area contributed by atoms with Gasteiger partial charge in [0.2, 0.25) is 11.8 Å². The maximum atomic E-state index is 11.9. The van der Waals surface area contributed by atoms with E-state index in [0.717, 1.165) is 50.0 Å². The first-order valence-corrected chi connectivity index (χ1v) is 8.12. The quantitative estimate of drug-likeness (QED) is 0.769. The van der Waals surface area contributed by atoms with Crippen molar-refractivity contribution in [2.75, 3.05) is 18.4 Å². The van der Waals surface area contributed by atoms with Crippen LogP contribution in [0.5, 0.6) is 0 Å². The molecular formula is C17H23N3O2. The van der Waals surface area contributed by atoms with Crippen LogP contribution in [0.2, 0.25) is 0 Å². The van der Waals surface area contributed by atoms with Crippen LogP contribution in [0.1, 0.15) is 36.8 Å². The van der Waals surface area contributed by atoms with Crippen LogP contribution in [0.25, 0.3) is 0 Å². The van der Waals surface area contributed by atoms with E-state index in [1.165, 1.54) is 5.56 Å². The van der Waals surface area contributed by atoms with Crippen molar-refractivity contribution in [1.29, 1.82) is 0 Å². The van der Waals surface area contributed by atoms with Gasteiger partial charge in [-0.1, -0.05) is 12.1 Å². The molecule has 0 bridgehead atoms. The zero-order chi connectivity index (χ0) is 15.4. The SMILES string of the molecule is O=C1Cc2cc(CCCC(=O)NC3CCCNC3)ccc2N1. The Kier molecular flexibility index (Phi) is 4.73. The first-order valence-electron chi connectivity index (χ1n) is 8.12. The average Bonchev–Trinajstić information content (AvgIpc) is 2.87. The van der Waals surface area contributed by atoms with Crippen LogP contribution in [0.3, 0.4) is 0 Å². The van der Waals surface area contributed by atoms with Gasteiger partial charge in [-0.05, 0) is 49.4 Å². The molecule has 1 aromatic carbocycles. The van der Waals surface area contributed by atoms with E-state index in [4.69, 9.17) is 0 Å². The monoisotopic (exact) mass is 301 g/mol. The lowest BCUT2D eigenvalue weighted by atomic mass is 10.0. The van der Waals surface area contributed by atoms with Crippen molar-refractivity contribution in [3.63, 3.8) is 0 Å². The summed E-state index contributed by atoms with van der Waals surface area (Å²) in [6, 6.07) is 6.37. The zero-order valence-electron chi connectivity index (χ0n) is 12.8. The smallest absolute Gasteiger partial charge is 0.228 e. The minimum atomic E-state index is 0.0626. The first kappa shape index (κ1) is 15.0. The summed E-state index contributed by atoms with van der Waals surface area (Å²) >= 11 is 0. The van der Waals surface area contributed by atoms with E-state index >= 15 is 0 Å². The van der Waals surface area contributed by atoms with Gasteiger partial charge in [0.25, 0.3) is 0 Å². The third-order valence-corrected chi connectivity index (χ3v) is 4.33. The summed E-state index contributed by atoms with van der Waals surface area (Å²) in [5.41, 5.74) is 3.19. The Balaban J connectivity index is 1.42. The molecule has 5 heteroatoms. The van der Waals surface area contributed by atoms with Gasteiger partial charge in [-0.15, -0.1) is 0 Å². The maximum Gasteiger partial charge on any atom is 0.228 e. The number of hydrogen-bond donors (Lipinski definition) is 3. The Morgan fingerprint density at radius 1 is 1.36 bits per heavy atom. The Hall–Kier alpha value is -1.88. The van der Waals surface area contributed by atoms with Gasteiger partial charge in [-0.3, -0.25) is 9.59 Å². The van der Waals surface area contributed by atoms with Gasteiger partial charge in [0.1, 0.15) is 0 Å². The Bertz CT molecular complexity index is 565. The molecular weight excluding hydrogens is 278 g/mol. The fourth-order valence-electron chi connectivity index (χ4n) is 3.17. The van der Waals surface area contributed by atoms with Gasteiger partial charge in [-0.2, -0.15) is 0 Å². The number of carbonyl (C=O) groups excluding carboxylic acids is 2. The second-order valence-corrected chi connectivity index (χ2v) is 6.18. The number of amides is 2. The maximum absolute atomic E-state index is 11.9. The van der Waals surface area contributed by atoms with Gasteiger partial charge in [0, 0.05) is 24.7 Å². The number of fused-ring (bicyclic) bond motifs is 1. The normalized spacial score (nSPS) is 20.4. The molecule has 2 aliphatic heterocycles. The molecule has 2 amide bonds. The summed E-state index contributed by atoms with van der Waals surface area (Å²) in [6.45, 7) is 1.94. The summed E-state index contributed by atoms with van der Waals surface area (Å²) < 4.78 is 0. The number of aryl methyl sites for hydroxylation is 1. The highest BCUT2D eigenvalue weighted by Gasteiger charge is 2.18. The van der Waals surface area contributed by atoms with Crippen molar-refractivity contribution in [3.8, 4) is 0 Å². The Morgan fingerprint density at radius 2 is 2.27 bits per heavy atom. The van der Waals surface area contributed by atoms with Crippen molar-refractivity contribution in [1.82, 2.24) is 10.6 Å². The lowest BCUT2D eigenvalue weighted by molar-refractivity contribution is -0.122. The van der Waals surface area contributed by atoms with Crippen molar-refractivity contribution in [2.45, 2.75) is 44.6 Å². The van der Waals surface area contributed by atoms with Crippen LogP contribution >= 0.6 is 0 Å². The molecule has 1 atom stereocenters. The number of anilines is 1. The molecule has 0 aliphatic carbocycles. The van der Waals surface area contributed by atoms with Crippen LogP contribution in [0.4, 0.5) is 5.69 Å². The Morgan fingerprint density at radius 3 is 3.09 bits per heavy atom. The summed E-state index contributed by atoms with van der Waals surface area (Å²) in [7, 11) is 0. The van der Waals surface area contributed by atoms with Gasteiger partial charge in [0.15, 0.2) is 0 Å². The van der Waals surface area contributed by atoms with Gasteiger partial charge in [0.05, 0.1) is 6.42 Å². The second kappa shape index (κ2) is 6.92. The highest BCUT2D eigenvalue weighted by Crippen LogP contribution is 2.24. The van der Waals surface area contributed by atoms with Crippen molar-refractivity contribution in [3.05, 3.63) is 29.3 Å². The molecule has 0 spiro atoms. The van der Waals surface area contributed by atoms with Crippen LogP contribution in [-0.4, -0.2) is 30.9 Å². The first-order chi connectivity index (χ1) is 10.7. The topological polar surface area (TPSA) is 70.2 Å². The van der Waals surface area contributed by atoms with E-state index in [1.807, 2.05) is 12.1 Å². The van der Waals surface area contributed by atoms with E-state index < -0.39 is 0 Å². The van der Waals surface area contributed by atoms with Crippen LogP contribution < -0.4 is 16.0 Å². The lowest BCUT2D eigenvalue weighted by Crippen LogP contribution is -2.45. The molecule has 1 aromatic rings. The van der Waals surface area contributed by atoms with E-state index in [9.17, 15) is 9.59 Å². The Labute approximate surface area is 130 Å². The van der Waals surface area contributed by atoms with E-state index in [-0.39, 0.29) is 11.8 Å². The lowest BCUT2D eigenvalue weighted by Gasteiger charge is -2.23. The summed E-state index contributed by atoms with van der Waals surface area (Å²) in [5.74, 6) is 0.208. The number of hydrogen-bond acceptors (Lipinski definition) is 3. The van der Waals surface area contributed by atoms with Gasteiger partial charge < -0.3 is 16.0 Å². The minimum absolute atomic E-state index is 0.0626. The van der Waals surface area contributed by atoms with Crippen molar-refractivity contribution >= 4 is 17.5 Å². The molecule has 2 heterocycles. The predicted octanol–water partition coefficient (Wildman–Crippen LogP) is 1.37. The third-order valence-electron chi connectivity index (χ3n) is 4.33. The fraction of sp³-hybridized carbons (Fsp3) is 0.529.